The van der Waals surface area contributed by atoms with Crippen molar-refractivity contribution in [2.24, 2.45) is 10.9 Å². The first kappa shape index (κ1) is 20.1. The van der Waals surface area contributed by atoms with Gasteiger partial charge in [0.1, 0.15) is 6.10 Å². The number of hydrogen-bond acceptors (Lipinski definition) is 3. The van der Waals surface area contributed by atoms with Gasteiger partial charge in [0.25, 0.3) is 0 Å². The molecule has 2 N–H and O–H groups in total. The molecule has 3 aliphatic heterocycles. The molecule has 0 aliphatic carbocycles. The molecule has 162 valence electrons. The van der Waals surface area contributed by atoms with Crippen LogP contribution in [0.15, 0.2) is 35.5 Å². The molecule has 0 aromatic carbocycles. The first-order chi connectivity index (χ1) is 14.7. The smallest absolute Gasteiger partial charge is 0.194 e. The minimum atomic E-state index is -0.663. The van der Waals surface area contributed by atoms with Crippen LogP contribution in [-0.4, -0.2) is 40.7 Å². The maximum Gasteiger partial charge on any atom is 0.194 e. The number of hydrogen-bond donors (Lipinski definition) is 2. The van der Waals surface area contributed by atoms with Gasteiger partial charge in [-0.05, 0) is 62.8 Å². The van der Waals surface area contributed by atoms with Crippen LogP contribution >= 0.6 is 0 Å². The lowest BCUT2D eigenvalue weighted by atomic mass is 9.72. The van der Waals surface area contributed by atoms with Crippen LogP contribution in [0.25, 0.3) is 0 Å². The van der Waals surface area contributed by atoms with Gasteiger partial charge in [-0.1, -0.05) is 25.7 Å². The van der Waals surface area contributed by atoms with Crippen molar-refractivity contribution in [2.45, 2.75) is 88.6 Å². The van der Waals surface area contributed by atoms with Gasteiger partial charge in [0.05, 0.1) is 23.4 Å². The number of ether oxygens (including phenoxy) is 2. The van der Waals surface area contributed by atoms with Crippen molar-refractivity contribution in [3.8, 4) is 0 Å². The third-order valence-corrected chi connectivity index (χ3v) is 7.41. The van der Waals surface area contributed by atoms with E-state index in [0.717, 1.165) is 30.7 Å². The molecule has 5 heterocycles. The highest BCUT2D eigenvalue weighted by Gasteiger charge is 2.58. The molecule has 5 rings (SSSR count). The van der Waals surface area contributed by atoms with Gasteiger partial charge >= 0.3 is 0 Å². The number of H-pyrrole nitrogens is 2. The van der Waals surface area contributed by atoms with Crippen LogP contribution in [0.4, 0.5) is 0 Å². The minimum Gasteiger partial charge on any atom is -0.376 e. The van der Waals surface area contributed by atoms with Crippen molar-refractivity contribution < 1.29 is 9.47 Å². The molecule has 5 nitrogen and oxygen atoms in total. The van der Waals surface area contributed by atoms with Crippen molar-refractivity contribution in [1.82, 2.24) is 9.97 Å². The van der Waals surface area contributed by atoms with E-state index in [-0.39, 0.29) is 18.1 Å². The van der Waals surface area contributed by atoms with Crippen molar-refractivity contribution in [3.63, 3.8) is 0 Å². The zero-order valence-electron chi connectivity index (χ0n) is 18.3. The number of nitrogens with one attached hydrogen (secondary N) is 2. The lowest BCUT2D eigenvalue weighted by Gasteiger charge is -2.48. The predicted octanol–water partition coefficient (Wildman–Crippen LogP) is 5.35. The molecule has 0 radical (unpaired) electrons. The van der Waals surface area contributed by atoms with Gasteiger partial charge in [-0.3, -0.25) is 0 Å². The van der Waals surface area contributed by atoms with Crippen LogP contribution in [0.1, 0.15) is 81.3 Å². The molecule has 30 heavy (non-hydrogen) atoms. The fraction of sp³-hybridized carbons (Fsp3) is 0.640. The van der Waals surface area contributed by atoms with Gasteiger partial charge in [0.15, 0.2) is 5.72 Å². The second-order valence-electron chi connectivity index (χ2n) is 9.47. The monoisotopic (exact) mass is 409 g/mol. The highest BCUT2D eigenvalue weighted by atomic mass is 16.6. The van der Waals surface area contributed by atoms with E-state index >= 15 is 0 Å². The van der Waals surface area contributed by atoms with Crippen molar-refractivity contribution in [3.05, 3.63) is 47.5 Å². The predicted molar refractivity (Wildman–Crippen MR) is 119 cm³/mol. The van der Waals surface area contributed by atoms with Gasteiger partial charge in [0.2, 0.25) is 0 Å². The fourth-order valence-corrected chi connectivity index (χ4v) is 6.10. The summed E-state index contributed by atoms with van der Waals surface area (Å²) in [6, 6.07) is 8.70. The summed E-state index contributed by atoms with van der Waals surface area (Å²) in [6.45, 7) is 2.21. The van der Waals surface area contributed by atoms with Crippen LogP contribution in [0, 0.1) is 5.92 Å². The zero-order chi connectivity index (χ0) is 20.6. The molecule has 3 aliphatic rings. The van der Waals surface area contributed by atoms with Gasteiger partial charge < -0.3 is 19.4 Å². The van der Waals surface area contributed by atoms with Crippen molar-refractivity contribution in [2.75, 3.05) is 7.11 Å². The Bertz CT molecular complexity index is 871. The maximum absolute atomic E-state index is 6.78. The third kappa shape index (κ3) is 3.56. The second-order valence-corrected chi connectivity index (χ2v) is 9.47. The summed E-state index contributed by atoms with van der Waals surface area (Å²) in [5, 5.41) is 0. The van der Waals surface area contributed by atoms with E-state index in [9.17, 15) is 0 Å². The van der Waals surface area contributed by atoms with Crippen molar-refractivity contribution in [1.29, 1.82) is 0 Å². The number of aryl methyl sites for hydroxylation is 1. The maximum atomic E-state index is 6.78. The minimum absolute atomic E-state index is 0.0781. The van der Waals surface area contributed by atoms with Gasteiger partial charge in [0, 0.05) is 31.1 Å². The zero-order valence-corrected chi connectivity index (χ0v) is 18.3. The van der Waals surface area contributed by atoms with Crippen LogP contribution in [-0.2, 0) is 15.9 Å². The SMILES string of the molecule is CO[C@@H]1CC(c2ccc[nH]2)=N[C@]12O[C@@H](C)C[C@@H]1CCCCCCCc3ccc([nH]3)[C@@H]12. The summed E-state index contributed by atoms with van der Waals surface area (Å²) in [4.78, 5) is 12.4. The lowest BCUT2D eigenvalue weighted by Crippen LogP contribution is -2.54. The summed E-state index contributed by atoms with van der Waals surface area (Å²) >= 11 is 0. The Morgan fingerprint density at radius 2 is 2.00 bits per heavy atom. The molecule has 0 saturated carbocycles. The van der Waals surface area contributed by atoms with Crippen LogP contribution in [0.2, 0.25) is 0 Å². The summed E-state index contributed by atoms with van der Waals surface area (Å²) in [6.07, 6.45) is 12.9. The molecule has 5 heteroatoms. The van der Waals surface area contributed by atoms with E-state index in [1.165, 1.54) is 49.9 Å². The number of rotatable bonds is 2. The number of aromatic nitrogens is 2. The van der Waals surface area contributed by atoms with E-state index in [4.69, 9.17) is 14.5 Å². The average molecular weight is 410 g/mol. The molecule has 1 fully saturated rings. The summed E-state index contributed by atoms with van der Waals surface area (Å²) in [5.41, 5.74) is 4.11. The van der Waals surface area contributed by atoms with E-state index < -0.39 is 5.72 Å². The molecule has 0 unspecified atom stereocenters. The molecular formula is C25H35N3O2. The van der Waals surface area contributed by atoms with E-state index in [1.54, 1.807) is 0 Å². The topological polar surface area (TPSA) is 62.4 Å². The summed E-state index contributed by atoms with van der Waals surface area (Å²) < 4.78 is 12.9. The molecule has 2 aromatic heterocycles. The Kier molecular flexibility index (Phi) is 5.59. The molecule has 1 saturated heterocycles. The first-order valence-corrected chi connectivity index (χ1v) is 11.8. The molecule has 2 bridgehead atoms. The quantitative estimate of drug-likeness (QED) is 0.702. The number of aliphatic imine (C=N–C) groups is 1. The number of fused-ring (bicyclic) bond motifs is 5. The fourth-order valence-electron chi connectivity index (χ4n) is 6.10. The molecular weight excluding hydrogens is 374 g/mol. The van der Waals surface area contributed by atoms with E-state index in [1.807, 2.05) is 19.4 Å². The second kappa shape index (κ2) is 8.35. The molecule has 0 amide bonds. The standard InChI is InChI=1S/C25H35N3O2/c1-17-15-18-9-6-4-3-5-7-10-19-12-13-21(27-19)24(18)25(30-17)23(29-2)16-22(28-25)20-11-8-14-26-20/h8,11-14,17-18,23-24,26-27H,3-7,9-10,15-16H2,1-2H3/t17-,18-,23+,24+,25-/m0/s1. The Morgan fingerprint density at radius 1 is 1.13 bits per heavy atom. The van der Waals surface area contributed by atoms with Gasteiger partial charge in [-0.15, -0.1) is 0 Å². The Balaban J connectivity index is 1.60. The Hall–Kier alpha value is -1.85. The normalized spacial score (nSPS) is 34.8. The Morgan fingerprint density at radius 3 is 2.83 bits per heavy atom. The van der Waals surface area contributed by atoms with Crippen LogP contribution in [0.5, 0.6) is 0 Å². The van der Waals surface area contributed by atoms with Gasteiger partial charge in [-0.2, -0.15) is 0 Å². The number of methoxy groups -OCH3 is 1. The summed E-state index contributed by atoms with van der Waals surface area (Å²) in [7, 11) is 1.81. The first-order valence-electron chi connectivity index (χ1n) is 11.8. The van der Waals surface area contributed by atoms with E-state index in [0.29, 0.717) is 5.92 Å². The highest BCUT2D eigenvalue weighted by Crippen LogP contribution is 2.53. The Labute approximate surface area is 179 Å². The highest BCUT2D eigenvalue weighted by molar-refractivity contribution is 6.01. The lowest BCUT2D eigenvalue weighted by molar-refractivity contribution is -0.200. The largest absolute Gasteiger partial charge is 0.376 e. The molecule has 1 spiro atoms. The molecule has 2 aromatic rings. The summed E-state index contributed by atoms with van der Waals surface area (Å²) in [5.74, 6) is 0.739. The third-order valence-electron chi connectivity index (χ3n) is 7.41. The number of nitrogens with zero attached hydrogens (tertiary/aromatic N) is 1. The van der Waals surface area contributed by atoms with Crippen molar-refractivity contribution >= 4 is 5.71 Å². The molecule has 5 atom stereocenters. The average Bonchev–Trinajstić information content (AvgIpc) is 3.46. The van der Waals surface area contributed by atoms with E-state index in [2.05, 4.69) is 35.1 Å². The number of aromatic amines is 2. The van der Waals surface area contributed by atoms with Crippen LogP contribution in [0.3, 0.4) is 0 Å². The van der Waals surface area contributed by atoms with Crippen LogP contribution < -0.4 is 0 Å². The van der Waals surface area contributed by atoms with Gasteiger partial charge in [-0.25, -0.2) is 4.99 Å².